The van der Waals surface area contributed by atoms with Gasteiger partial charge in [-0.3, -0.25) is 9.59 Å². The Hall–Kier alpha value is -2.27. The van der Waals surface area contributed by atoms with E-state index < -0.39 is 17.6 Å². The lowest BCUT2D eigenvalue weighted by atomic mass is 9.77. The van der Waals surface area contributed by atoms with E-state index in [0.717, 1.165) is 5.56 Å². The molecule has 28 heavy (non-hydrogen) atoms. The molecule has 2 aromatic rings. The Morgan fingerprint density at radius 1 is 1.14 bits per heavy atom. The van der Waals surface area contributed by atoms with Crippen molar-refractivity contribution in [2.75, 3.05) is 6.54 Å². The van der Waals surface area contributed by atoms with Gasteiger partial charge in [-0.05, 0) is 47.7 Å². The quantitative estimate of drug-likeness (QED) is 0.763. The molecule has 0 aromatic heterocycles. The van der Waals surface area contributed by atoms with Crippen molar-refractivity contribution >= 4 is 23.3 Å². The molecule has 1 amide bonds. The van der Waals surface area contributed by atoms with Gasteiger partial charge in [0.2, 0.25) is 5.91 Å². The topological polar surface area (TPSA) is 46.2 Å². The number of ketones is 1. The summed E-state index contributed by atoms with van der Waals surface area (Å²) in [4.78, 5) is 24.5. The molecule has 6 heteroatoms. The van der Waals surface area contributed by atoms with E-state index in [1.165, 1.54) is 12.1 Å². The largest absolute Gasteiger partial charge is 0.356 e. The first-order chi connectivity index (χ1) is 13.4. The summed E-state index contributed by atoms with van der Waals surface area (Å²) in [6, 6.07) is 9.63. The SMILES string of the molecule is CCc1cc(F)c(C2CC(=O)NC[C@H]2CC(=O)Cc2ccc(Cl)cc2)c(F)c1. The monoisotopic (exact) mass is 405 g/mol. The summed E-state index contributed by atoms with van der Waals surface area (Å²) in [6.07, 6.45) is 0.844. The molecule has 1 unspecified atom stereocenters. The number of halogens is 3. The molecule has 148 valence electrons. The van der Waals surface area contributed by atoms with Gasteiger partial charge in [0.05, 0.1) is 0 Å². The fourth-order valence-corrected chi connectivity index (χ4v) is 3.89. The summed E-state index contributed by atoms with van der Waals surface area (Å²) in [5.41, 5.74) is 1.31. The van der Waals surface area contributed by atoms with E-state index in [0.29, 0.717) is 17.0 Å². The molecule has 1 saturated heterocycles. The molecule has 0 bridgehead atoms. The van der Waals surface area contributed by atoms with Gasteiger partial charge in [-0.2, -0.15) is 0 Å². The lowest BCUT2D eigenvalue weighted by molar-refractivity contribution is -0.125. The third-order valence-corrected chi connectivity index (χ3v) is 5.51. The molecule has 2 atom stereocenters. The lowest BCUT2D eigenvalue weighted by Crippen LogP contribution is -2.41. The van der Waals surface area contributed by atoms with Crippen LogP contribution in [0.15, 0.2) is 36.4 Å². The van der Waals surface area contributed by atoms with Crippen molar-refractivity contribution in [2.24, 2.45) is 5.92 Å². The molecule has 1 aliphatic rings. The van der Waals surface area contributed by atoms with E-state index in [4.69, 9.17) is 11.6 Å². The van der Waals surface area contributed by atoms with Crippen LogP contribution in [0.4, 0.5) is 8.78 Å². The van der Waals surface area contributed by atoms with Crippen molar-refractivity contribution in [3.8, 4) is 0 Å². The first-order valence-corrected chi connectivity index (χ1v) is 9.75. The summed E-state index contributed by atoms with van der Waals surface area (Å²) < 4.78 is 29.3. The van der Waals surface area contributed by atoms with Crippen molar-refractivity contribution in [1.29, 1.82) is 0 Å². The lowest BCUT2D eigenvalue weighted by Gasteiger charge is -2.32. The number of benzene rings is 2. The predicted molar refractivity (Wildman–Crippen MR) is 104 cm³/mol. The number of rotatable bonds is 6. The van der Waals surface area contributed by atoms with Gasteiger partial charge in [0, 0.05) is 42.3 Å². The van der Waals surface area contributed by atoms with Crippen LogP contribution >= 0.6 is 11.6 Å². The van der Waals surface area contributed by atoms with E-state index in [1.54, 1.807) is 24.3 Å². The van der Waals surface area contributed by atoms with Gasteiger partial charge in [0.25, 0.3) is 0 Å². The average Bonchev–Trinajstić information content (AvgIpc) is 2.65. The molecule has 2 aromatic carbocycles. The second-order valence-electron chi connectivity index (χ2n) is 7.25. The number of hydrogen-bond donors (Lipinski definition) is 1. The summed E-state index contributed by atoms with van der Waals surface area (Å²) in [5.74, 6) is -2.61. The zero-order valence-electron chi connectivity index (χ0n) is 15.6. The first kappa shape index (κ1) is 20.5. The zero-order valence-corrected chi connectivity index (χ0v) is 16.4. The maximum absolute atomic E-state index is 14.6. The molecule has 1 heterocycles. The van der Waals surface area contributed by atoms with Crippen molar-refractivity contribution in [3.63, 3.8) is 0 Å². The van der Waals surface area contributed by atoms with Gasteiger partial charge >= 0.3 is 0 Å². The van der Waals surface area contributed by atoms with Gasteiger partial charge in [0.1, 0.15) is 17.4 Å². The van der Waals surface area contributed by atoms with Crippen LogP contribution in [-0.4, -0.2) is 18.2 Å². The molecular weight excluding hydrogens is 384 g/mol. The van der Waals surface area contributed by atoms with Gasteiger partial charge in [0.15, 0.2) is 0 Å². The number of aryl methyl sites for hydroxylation is 1. The summed E-state index contributed by atoms with van der Waals surface area (Å²) >= 11 is 5.86. The number of amides is 1. The van der Waals surface area contributed by atoms with Crippen LogP contribution in [0.5, 0.6) is 0 Å². The summed E-state index contributed by atoms with van der Waals surface area (Å²) in [6.45, 7) is 2.05. The van der Waals surface area contributed by atoms with Crippen LogP contribution in [0.3, 0.4) is 0 Å². The standard InChI is InChI=1S/C22H22ClF2NO2/c1-2-13-8-19(24)22(20(25)9-13)18-11-21(28)26-12-15(18)10-17(27)7-14-3-5-16(23)6-4-14/h3-6,8-9,15,18H,2,7,10-12H2,1H3,(H,26,28)/t15-,18?/m1/s1. The van der Waals surface area contributed by atoms with E-state index in [1.807, 2.05) is 6.92 Å². The van der Waals surface area contributed by atoms with Crippen molar-refractivity contribution < 1.29 is 18.4 Å². The summed E-state index contributed by atoms with van der Waals surface area (Å²) in [5, 5.41) is 3.31. The van der Waals surface area contributed by atoms with Crippen LogP contribution in [-0.2, 0) is 22.4 Å². The molecular formula is C22H22ClF2NO2. The minimum atomic E-state index is -0.658. The first-order valence-electron chi connectivity index (χ1n) is 9.38. The Morgan fingerprint density at radius 3 is 2.39 bits per heavy atom. The number of hydrogen-bond acceptors (Lipinski definition) is 2. The van der Waals surface area contributed by atoms with Crippen molar-refractivity contribution in [2.45, 2.75) is 38.5 Å². The van der Waals surface area contributed by atoms with Crippen LogP contribution < -0.4 is 5.32 Å². The smallest absolute Gasteiger partial charge is 0.220 e. The molecule has 0 spiro atoms. The minimum absolute atomic E-state index is 0.0296. The van der Waals surface area contributed by atoms with Crippen molar-refractivity contribution in [1.82, 2.24) is 5.32 Å². The number of nitrogens with one attached hydrogen (secondary N) is 1. The van der Waals surface area contributed by atoms with E-state index in [2.05, 4.69) is 5.32 Å². The maximum Gasteiger partial charge on any atom is 0.220 e. The van der Waals surface area contributed by atoms with Crippen LogP contribution in [0, 0.1) is 17.6 Å². The summed E-state index contributed by atoms with van der Waals surface area (Å²) in [7, 11) is 0. The van der Waals surface area contributed by atoms with E-state index in [9.17, 15) is 18.4 Å². The highest BCUT2D eigenvalue weighted by molar-refractivity contribution is 6.30. The van der Waals surface area contributed by atoms with Gasteiger partial charge in [-0.15, -0.1) is 0 Å². The molecule has 0 saturated carbocycles. The highest BCUT2D eigenvalue weighted by Crippen LogP contribution is 2.36. The molecule has 3 nitrogen and oxygen atoms in total. The number of carbonyl (C=O) groups is 2. The Kier molecular flexibility index (Phi) is 6.45. The van der Waals surface area contributed by atoms with Crippen LogP contribution in [0.2, 0.25) is 5.02 Å². The molecule has 0 aliphatic carbocycles. The normalized spacial score (nSPS) is 19.4. The Labute approximate surface area is 168 Å². The molecule has 3 rings (SSSR count). The molecule has 1 aliphatic heterocycles. The third-order valence-electron chi connectivity index (χ3n) is 5.26. The molecule has 1 N–H and O–H groups in total. The Balaban J connectivity index is 1.80. The highest BCUT2D eigenvalue weighted by atomic mass is 35.5. The van der Waals surface area contributed by atoms with Crippen molar-refractivity contribution in [3.05, 3.63) is 69.7 Å². The second-order valence-corrected chi connectivity index (χ2v) is 7.68. The fourth-order valence-electron chi connectivity index (χ4n) is 3.77. The second kappa shape index (κ2) is 8.82. The number of carbonyl (C=O) groups excluding carboxylic acids is 2. The third kappa shape index (κ3) is 4.76. The number of Topliss-reactive ketones (excluding diaryl/α,β-unsaturated/α-hetero) is 1. The Bertz CT molecular complexity index is 860. The minimum Gasteiger partial charge on any atom is -0.356 e. The zero-order chi connectivity index (χ0) is 20.3. The molecule has 0 radical (unpaired) electrons. The highest BCUT2D eigenvalue weighted by Gasteiger charge is 2.35. The predicted octanol–water partition coefficient (Wildman–Crippen LogP) is 4.60. The average molecular weight is 406 g/mol. The number of piperidine rings is 1. The van der Waals surface area contributed by atoms with Gasteiger partial charge < -0.3 is 5.32 Å². The van der Waals surface area contributed by atoms with E-state index >= 15 is 0 Å². The van der Waals surface area contributed by atoms with Gasteiger partial charge in [-0.25, -0.2) is 8.78 Å². The Morgan fingerprint density at radius 2 is 1.79 bits per heavy atom. The maximum atomic E-state index is 14.6. The van der Waals surface area contributed by atoms with Gasteiger partial charge in [-0.1, -0.05) is 30.7 Å². The van der Waals surface area contributed by atoms with E-state index in [-0.39, 0.29) is 49.0 Å². The van der Waals surface area contributed by atoms with Crippen LogP contribution in [0.1, 0.15) is 42.4 Å². The fraction of sp³-hybridized carbons (Fsp3) is 0.364. The van der Waals surface area contributed by atoms with Crippen LogP contribution in [0.25, 0.3) is 0 Å². The molecule has 1 fully saturated rings.